The van der Waals surface area contributed by atoms with Crippen molar-refractivity contribution in [1.82, 2.24) is 10.2 Å². The lowest BCUT2D eigenvalue weighted by atomic mass is 10.0. The van der Waals surface area contributed by atoms with E-state index >= 15 is 0 Å². The number of rotatable bonds is 13. The summed E-state index contributed by atoms with van der Waals surface area (Å²) in [5.74, 6) is -0.327. The lowest BCUT2D eigenvalue weighted by molar-refractivity contribution is -0.141. The van der Waals surface area contributed by atoms with Crippen molar-refractivity contribution < 1.29 is 18.0 Å². The van der Waals surface area contributed by atoms with Crippen LogP contribution in [0.1, 0.15) is 55.2 Å². The lowest BCUT2D eigenvalue weighted by Crippen LogP contribution is -2.52. The molecule has 1 fully saturated rings. The van der Waals surface area contributed by atoms with Gasteiger partial charge in [0.1, 0.15) is 6.04 Å². The molecule has 1 aliphatic rings. The Morgan fingerprint density at radius 2 is 1.64 bits per heavy atom. The average molecular weight is 655 g/mol. The van der Waals surface area contributed by atoms with Crippen LogP contribution in [-0.4, -0.2) is 50.0 Å². The highest BCUT2D eigenvalue weighted by molar-refractivity contribution is 9.10. The minimum absolute atomic E-state index is 0.108. The zero-order valence-corrected chi connectivity index (χ0v) is 26.7. The normalized spacial score (nSPS) is 14.4. The van der Waals surface area contributed by atoms with Crippen molar-refractivity contribution in [3.05, 3.63) is 100 Å². The van der Waals surface area contributed by atoms with Crippen LogP contribution in [0.5, 0.6) is 0 Å². The molecule has 3 aromatic carbocycles. The van der Waals surface area contributed by atoms with E-state index in [0.29, 0.717) is 18.5 Å². The smallest absolute Gasteiger partial charge is 0.243 e. The standard InChI is InChI=1S/C33H40BrN3O4S/c1-25-10-8-15-30(22-25)37(42(2,40)41)21-9-16-32(38)36(24-27-17-19-28(34)20-18-27)31(23-26-11-4-3-5-12-26)33(39)35-29-13-6-7-14-29/h3-5,8,10-12,15,17-20,22,29,31H,6-7,9,13-14,16,21,23-24H2,1-2H3,(H,35,39)/t31-/m0/s1. The van der Waals surface area contributed by atoms with Gasteiger partial charge in [0.15, 0.2) is 0 Å². The molecule has 0 aromatic heterocycles. The van der Waals surface area contributed by atoms with Gasteiger partial charge in [0.25, 0.3) is 0 Å². The third-order valence-corrected chi connectivity index (χ3v) is 9.40. The van der Waals surface area contributed by atoms with E-state index in [1.54, 1.807) is 11.0 Å². The summed E-state index contributed by atoms with van der Waals surface area (Å²) >= 11 is 3.47. The van der Waals surface area contributed by atoms with Crippen LogP contribution in [0.15, 0.2) is 83.3 Å². The Morgan fingerprint density at radius 3 is 2.29 bits per heavy atom. The molecule has 1 saturated carbocycles. The number of aryl methyl sites for hydroxylation is 1. The van der Waals surface area contributed by atoms with E-state index in [-0.39, 0.29) is 37.4 Å². The number of sulfonamides is 1. The van der Waals surface area contributed by atoms with Crippen LogP contribution in [0.4, 0.5) is 5.69 Å². The average Bonchev–Trinajstić information content (AvgIpc) is 3.47. The summed E-state index contributed by atoms with van der Waals surface area (Å²) in [7, 11) is -3.55. The fourth-order valence-corrected chi connectivity index (χ4v) is 6.72. The predicted octanol–water partition coefficient (Wildman–Crippen LogP) is 6.00. The number of benzene rings is 3. The molecule has 0 radical (unpaired) electrons. The van der Waals surface area contributed by atoms with Gasteiger partial charge in [-0.2, -0.15) is 0 Å². The Hall–Kier alpha value is -3.17. The van der Waals surface area contributed by atoms with Crippen molar-refractivity contribution in [3.63, 3.8) is 0 Å². The minimum atomic E-state index is -3.55. The largest absolute Gasteiger partial charge is 0.352 e. The van der Waals surface area contributed by atoms with Gasteiger partial charge in [-0.15, -0.1) is 0 Å². The summed E-state index contributed by atoms with van der Waals surface area (Å²) < 4.78 is 27.6. The molecule has 1 atom stereocenters. The minimum Gasteiger partial charge on any atom is -0.352 e. The first-order valence-corrected chi connectivity index (χ1v) is 17.2. The van der Waals surface area contributed by atoms with Crippen LogP contribution < -0.4 is 9.62 Å². The fourth-order valence-electron chi connectivity index (χ4n) is 5.49. The number of carbonyl (C=O) groups excluding carboxylic acids is 2. The molecule has 3 aromatic rings. The second-order valence-corrected chi connectivity index (χ2v) is 13.9. The van der Waals surface area contributed by atoms with Crippen molar-refractivity contribution >= 4 is 43.5 Å². The third kappa shape index (κ3) is 9.16. The molecule has 0 aliphatic heterocycles. The maximum Gasteiger partial charge on any atom is 0.243 e. The molecule has 224 valence electrons. The summed E-state index contributed by atoms with van der Waals surface area (Å²) in [6.07, 6.45) is 6.08. The molecule has 4 rings (SSSR count). The molecular weight excluding hydrogens is 614 g/mol. The van der Waals surface area contributed by atoms with Crippen molar-refractivity contribution in [2.45, 2.75) is 70.5 Å². The number of halogens is 1. The third-order valence-electron chi connectivity index (χ3n) is 7.68. The molecule has 42 heavy (non-hydrogen) atoms. The molecular formula is C33H40BrN3O4S. The topological polar surface area (TPSA) is 86.8 Å². The Bertz CT molecular complexity index is 1440. The predicted molar refractivity (Wildman–Crippen MR) is 172 cm³/mol. The summed E-state index contributed by atoms with van der Waals surface area (Å²) in [6, 6.07) is 24.3. The van der Waals surface area contributed by atoms with Gasteiger partial charge >= 0.3 is 0 Å². The SMILES string of the molecule is Cc1cccc(N(CCCC(=O)N(Cc2ccc(Br)cc2)[C@@H](Cc2ccccc2)C(=O)NC2CCCC2)S(C)(=O)=O)c1. The number of carbonyl (C=O) groups is 2. The van der Waals surface area contributed by atoms with Crippen molar-refractivity contribution in [2.75, 3.05) is 17.1 Å². The van der Waals surface area contributed by atoms with Crippen LogP contribution in [0.3, 0.4) is 0 Å². The van der Waals surface area contributed by atoms with E-state index in [1.165, 1.54) is 10.6 Å². The molecule has 0 bridgehead atoms. The number of nitrogens with one attached hydrogen (secondary N) is 1. The van der Waals surface area contributed by atoms with Crippen LogP contribution in [0, 0.1) is 6.92 Å². The van der Waals surface area contributed by atoms with E-state index in [2.05, 4.69) is 21.2 Å². The fraction of sp³-hybridized carbons (Fsp3) is 0.394. The Balaban J connectivity index is 1.58. The zero-order chi connectivity index (χ0) is 30.1. The second-order valence-electron chi connectivity index (χ2n) is 11.1. The first-order valence-electron chi connectivity index (χ1n) is 14.5. The number of hydrogen-bond acceptors (Lipinski definition) is 4. The van der Waals surface area contributed by atoms with E-state index < -0.39 is 16.1 Å². The Kier molecular flexibility index (Phi) is 11.2. The van der Waals surface area contributed by atoms with Crippen molar-refractivity contribution in [3.8, 4) is 0 Å². The Morgan fingerprint density at radius 1 is 0.952 bits per heavy atom. The maximum absolute atomic E-state index is 14.0. The first kappa shape index (κ1) is 31.8. The maximum atomic E-state index is 14.0. The van der Waals surface area contributed by atoms with E-state index in [9.17, 15) is 18.0 Å². The van der Waals surface area contributed by atoms with Gasteiger partial charge in [-0.25, -0.2) is 8.42 Å². The summed E-state index contributed by atoms with van der Waals surface area (Å²) in [5, 5.41) is 3.22. The molecule has 1 aliphatic carbocycles. The van der Waals surface area contributed by atoms with Gasteiger partial charge in [0.2, 0.25) is 21.8 Å². The Labute approximate surface area is 258 Å². The molecule has 0 heterocycles. The van der Waals surface area contributed by atoms with Crippen molar-refractivity contribution in [1.29, 1.82) is 0 Å². The van der Waals surface area contributed by atoms with Gasteiger partial charge in [-0.1, -0.05) is 83.4 Å². The number of amides is 2. The highest BCUT2D eigenvalue weighted by Gasteiger charge is 2.32. The van der Waals surface area contributed by atoms with E-state index in [4.69, 9.17) is 0 Å². The van der Waals surface area contributed by atoms with Crippen LogP contribution in [0.25, 0.3) is 0 Å². The molecule has 2 amide bonds. The molecule has 0 saturated heterocycles. The van der Waals surface area contributed by atoms with E-state index in [0.717, 1.165) is 46.8 Å². The quantitative estimate of drug-likeness (QED) is 0.245. The van der Waals surface area contributed by atoms with Crippen LogP contribution in [-0.2, 0) is 32.6 Å². The second kappa shape index (κ2) is 14.8. The van der Waals surface area contributed by atoms with Gasteiger partial charge in [-0.05, 0) is 67.1 Å². The zero-order valence-electron chi connectivity index (χ0n) is 24.3. The van der Waals surface area contributed by atoms with Crippen LogP contribution in [0.2, 0.25) is 0 Å². The highest BCUT2D eigenvalue weighted by atomic mass is 79.9. The van der Waals surface area contributed by atoms with Crippen molar-refractivity contribution in [2.24, 2.45) is 0 Å². The summed E-state index contributed by atoms with van der Waals surface area (Å²) in [4.78, 5) is 29.5. The molecule has 9 heteroatoms. The van der Waals surface area contributed by atoms with Gasteiger partial charge in [0.05, 0.1) is 11.9 Å². The van der Waals surface area contributed by atoms with Gasteiger partial charge < -0.3 is 10.2 Å². The number of nitrogens with zero attached hydrogens (tertiary/aromatic N) is 2. The monoisotopic (exact) mass is 653 g/mol. The first-order chi connectivity index (χ1) is 20.1. The molecule has 7 nitrogen and oxygen atoms in total. The molecule has 0 unspecified atom stereocenters. The highest BCUT2D eigenvalue weighted by Crippen LogP contribution is 2.23. The van der Waals surface area contributed by atoms with Gasteiger partial charge in [-0.3, -0.25) is 13.9 Å². The van der Waals surface area contributed by atoms with Gasteiger partial charge in [0, 0.05) is 36.4 Å². The molecule has 1 N–H and O–H groups in total. The molecule has 0 spiro atoms. The number of hydrogen-bond donors (Lipinski definition) is 1. The number of anilines is 1. The lowest BCUT2D eigenvalue weighted by Gasteiger charge is -2.33. The van der Waals surface area contributed by atoms with E-state index in [1.807, 2.05) is 79.7 Å². The summed E-state index contributed by atoms with van der Waals surface area (Å²) in [5.41, 5.74) is 3.42. The summed E-state index contributed by atoms with van der Waals surface area (Å²) in [6.45, 7) is 2.35. The van der Waals surface area contributed by atoms with Crippen LogP contribution >= 0.6 is 15.9 Å².